The molecule has 2 aliphatic rings. The Hall–Kier alpha value is -1.47. The molecule has 2 rings (SSSR count). The fourth-order valence-electron chi connectivity index (χ4n) is 2.60. The summed E-state index contributed by atoms with van der Waals surface area (Å²) in [4.78, 5) is 22.3. The first-order chi connectivity index (χ1) is 10.5. The molecule has 1 unspecified atom stereocenters. The standard InChI is InChI=1S/C11H14F3NO8/c12-11(13,14)8(19)15-5-3(17)1-10(9(20)21)22-6(4(18)2-16)7(5)23-10/h3-7,16-18H,1-2H2,(H,15,19)(H,20,21)/t3-,4+,5+,6+,7+,10?/m0/s1. The number of ether oxygens (including phenoxy) is 2. The van der Waals surface area contributed by atoms with Gasteiger partial charge in [-0.3, -0.25) is 4.79 Å². The van der Waals surface area contributed by atoms with Gasteiger partial charge in [-0.2, -0.15) is 13.2 Å². The van der Waals surface area contributed by atoms with Crippen LogP contribution >= 0.6 is 0 Å². The summed E-state index contributed by atoms with van der Waals surface area (Å²) in [7, 11) is 0. The van der Waals surface area contributed by atoms with Gasteiger partial charge in [0.05, 0.1) is 18.8 Å². The SMILES string of the molecule is O=C(N[C@H]1[C@H]2OC(C(=O)O)(C[C@@H]1O)O[C@@H]2[C@H](O)CO)C(F)(F)F. The van der Waals surface area contributed by atoms with Gasteiger partial charge < -0.3 is 35.2 Å². The van der Waals surface area contributed by atoms with E-state index in [2.05, 4.69) is 0 Å². The van der Waals surface area contributed by atoms with Gasteiger partial charge in [-0.25, -0.2) is 4.79 Å². The second-order valence-corrected chi connectivity index (χ2v) is 5.24. The summed E-state index contributed by atoms with van der Waals surface area (Å²) in [5, 5.41) is 39.1. The molecule has 0 radical (unpaired) electrons. The van der Waals surface area contributed by atoms with Crippen LogP contribution in [0.1, 0.15) is 6.42 Å². The van der Waals surface area contributed by atoms with Crippen molar-refractivity contribution in [2.75, 3.05) is 6.61 Å². The van der Waals surface area contributed by atoms with Crippen molar-refractivity contribution in [3.8, 4) is 0 Å². The van der Waals surface area contributed by atoms with Crippen molar-refractivity contribution in [1.82, 2.24) is 5.32 Å². The number of rotatable bonds is 4. The maximum Gasteiger partial charge on any atom is 0.471 e. The summed E-state index contributed by atoms with van der Waals surface area (Å²) < 4.78 is 47.1. The maximum atomic E-state index is 12.3. The number of fused-ring (bicyclic) bond motifs is 2. The number of carboxylic acids is 1. The van der Waals surface area contributed by atoms with Crippen molar-refractivity contribution in [3.63, 3.8) is 0 Å². The van der Waals surface area contributed by atoms with E-state index in [-0.39, 0.29) is 0 Å². The first-order valence-electron chi connectivity index (χ1n) is 6.45. The van der Waals surface area contributed by atoms with Crippen LogP contribution in [0.15, 0.2) is 0 Å². The minimum Gasteiger partial charge on any atom is -0.477 e. The number of aliphatic hydroxyl groups is 3. The number of nitrogens with one attached hydrogen (secondary N) is 1. The summed E-state index contributed by atoms with van der Waals surface area (Å²) in [5.41, 5.74) is 0. The average Bonchev–Trinajstić information content (AvgIpc) is 2.77. The topological polar surface area (TPSA) is 146 Å². The van der Waals surface area contributed by atoms with Crippen LogP contribution < -0.4 is 5.32 Å². The van der Waals surface area contributed by atoms with Crippen LogP contribution in [0.4, 0.5) is 13.2 Å². The maximum absolute atomic E-state index is 12.3. The van der Waals surface area contributed by atoms with Crippen LogP contribution in [0.5, 0.6) is 0 Å². The van der Waals surface area contributed by atoms with E-state index in [1.165, 1.54) is 5.32 Å². The van der Waals surface area contributed by atoms with E-state index in [4.69, 9.17) is 19.7 Å². The number of aliphatic hydroxyl groups excluding tert-OH is 3. The Morgan fingerprint density at radius 1 is 1.35 bits per heavy atom. The van der Waals surface area contributed by atoms with E-state index >= 15 is 0 Å². The van der Waals surface area contributed by atoms with Gasteiger partial charge in [-0.15, -0.1) is 0 Å². The number of halogens is 3. The molecule has 2 fully saturated rings. The normalized spacial score (nSPS) is 38.2. The molecular weight excluding hydrogens is 331 g/mol. The Labute approximate surface area is 126 Å². The van der Waals surface area contributed by atoms with Crippen molar-refractivity contribution in [1.29, 1.82) is 0 Å². The Morgan fingerprint density at radius 2 is 1.96 bits per heavy atom. The zero-order chi connectivity index (χ0) is 17.6. The van der Waals surface area contributed by atoms with Crippen LogP contribution in [-0.4, -0.2) is 81.3 Å². The van der Waals surface area contributed by atoms with Crippen molar-refractivity contribution in [3.05, 3.63) is 0 Å². The number of hydrogen-bond donors (Lipinski definition) is 5. The van der Waals surface area contributed by atoms with Gasteiger partial charge in [0.1, 0.15) is 18.3 Å². The first kappa shape index (κ1) is 17.9. The molecular formula is C11H14F3NO8. The molecule has 0 saturated carbocycles. The summed E-state index contributed by atoms with van der Waals surface area (Å²) in [6.45, 7) is -0.893. The number of amides is 1. The number of carbonyl (C=O) groups excluding carboxylic acids is 1. The monoisotopic (exact) mass is 345 g/mol. The van der Waals surface area contributed by atoms with Crippen LogP contribution in [0.2, 0.25) is 0 Å². The van der Waals surface area contributed by atoms with Crippen molar-refractivity contribution < 1.29 is 52.7 Å². The minimum absolute atomic E-state index is 0.768. The third-order valence-electron chi connectivity index (χ3n) is 3.67. The molecule has 6 atom stereocenters. The largest absolute Gasteiger partial charge is 0.477 e. The molecule has 5 N–H and O–H groups in total. The fraction of sp³-hybridized carbons (Fsp3) is 0.818. The van der Waals surface area contributed by atoms with E-state index in [0.717, 1.165) is 0 Å². The Balaban J connectivity index is 2.28. The lowest BCUT2D eigenvalue weighted by Gasteiger charge is -2.37. The van der Waals surface area contributed by atoms with Gasteiger partial charge in [0, 0.05) is 6.42 Å². The van der Waals surface area contributed by atoms with Gasteiger partial charge >= 0.3 is 18.1 Å². The van der Waals surface area contributed by atoms with Crippen molar-refractivity contribution in [2.45, 2.75) is 48.8 Å². The molecule has 2 aliphatic heterocycles. The molecule has 0 aromatic heterocycles. The smallest absolute Gasteiger partial charge is 0.471 e. The van der Waals surface area contributed by atoms with Crippen LogP contribution in [0, 0.1) is 0 Å². The highest BCUT2D eigenvalue weighted by molar-refractivity contribution is 5.82. The second-order valence-electron chi connectivity index (χ2n) is 5.24. The van der Waals surface area contributed by atoms with Gasteiger partial charge in [-0.1, -0.05) is 0 Å². The van der Waals surface area contributed by atoms with Gasteiger partial charge in [0.25, 0.3) is 5.79 Å². The molecule has 2 heterocycles. The van der Waals surface area contributed by atoms with E-state index in [1.54, 1.807) is 0 Å². The highest BCUT2D eigenvalue weighted by Gasteiger charge is 2.64. The lowest BCUT2D eigenvalue weighted by Crippen LogP contribution is -2.62. The average molecular weight is 345 g/mol. The molecule has 0 aliphatic carbocycles. The van der Waals surface area contributed by atoms with Gasteiger partial charge in [0.15, 0.2) is 0 Å². The molecule has 0 aromatic carbocycles. The van der Waals surface area contributed by atoms with E-state index in [0.29, 0.717) is 0 Å². The van der Waals surface area contributed by atoms with E-state index < -0.39 is 67.3 Å². The molecule has 12 heteroatoms. The number of carbonyl (C=O) groups is 2. The Kier molecular flexibility index (Phi) is 4.56. The van der Waals surface area contributed by atoms with Crippen LogP contribution in [0.3, 0.4) is 0 Å². The van der Waals surface area contributed by atoms with Crippen LogP contribution in [0.25, 0.3) is 0 Å². The van der Waals surface area contributed by atoms with Gasteiger partial charge in [0.2, 0.25) is 0 Å². The second kappa shape index (κ2) is 5.87. The number of carboxylic acid groups (broad SMARTS) is 1. The molecule has 1 amide bonds. The molecule has 132 valence electrons. The van der Waals surface area contributed by atoms with E-state index in [9.17, 15) is 33.0 Å². The zero-order valence-electron chi connectivity index (χ0n) is 11.4. The summed E-state index contributed by atoms with van der Waals surface area (Å²) in [6, 6.07) is -1.68. The molecule has 2 saturated heterocycles. The first-order valence-corrected chi connectivity index (χ1v) is 6.45. The molecule has 9 nitrogen and oxygen atoms in total. The quantitative estimate of drug-likeness (QED) is 0.383. The third-order valence-corrected chi connectivity index (χ3v) is 3.67. The number of alkyl halides is 3. The molecule has 0 spiro atoms. The Bertz CT molecular complexity index is 500. The summed E-state index contributed by atoms with van der Waals surface area (Å²) in [6.07, 6.45) is -12.6. The predicted octanol–water partition coefficient (Wildman–Crippen LogP) is -2.28. The lowest BCUT2D eigenvalue weighted by atomic mass is 9.92. The predicted molar refractivity (Wildman–Crippen MR) is 61.8 cm³/mol. The molecule has 0 aromatic rings. The minimum atomic E-state index is -5.23. The highest BCUT2D eigenvalue weighted by atomic mass is 19.4. The molecule has 2 bridgehead atoms. The fourth-order valence-corrected chi connectivity index (χ4v) is 2.60. The Morgan fingerprint density at radius 3 is 2.43 bits per heavy atom. The molecule has 23 heavy (non-hydrogen) atoms. The summed E-state index contributed by atoms with van der Waals surface area (Å²) >= 11 is 0. The van der Waals surface area contributed by atoms with Crippen molar-refractivity contribution >= 4 is 11.9 Å². The number of hydrogen-bond acceptors (Lipinski definition) is 7. The van der Waals surface area contributed by atoms with Crippen LogP contribution in [-0.2, 0) is 19.1 Å². The zero-order valence-corrected chi connectivity index (χ0v) is 11.4. The lowest BCUT2D eigenvalue weighted by molar-refractivity contribution is -0.235. The third kappa shape index (κ3) is 3.12. The van der Waals surface area contributed by atoms with E-state index in [1.807, 2.05) is 0 Å². The van der Waals surface area contributed by atoms with Crippen molar-refractivity contribution in [2.24, 2.45) is 0 Å². The highest BCUT2D eigenvalue weighted by Crippen LogP contribution is 2.42. The number of aliphatic carboxylic acids is 1. The summed E-state index contributed by atoms with van der Waals surface area (Å²) in [5.74, 6) is -6.39. The van der Waals surface area contributed by atoms with Gasteiger partial charge in [-0.05, 0) is 0 Å².